The summed E-state index contributed by atoms with van der Waals surface area (Å²) in [5.41, 5.74) is 0.766. The largest absolute Gasteiger partial charge is 0.441 e. The molecule has 0 fully saturated rings. The van der Waals surface area contributed by atoms with Crippen LogP contribution in [0.3, 0.4) is 0 Å². The number of cyclic esters (lactones) is 1. The third-order valence-corrected chi connectivity index (χ3v) is 4.11. The van der Waals surface area contributed by atoms with Gasteiger partial charge in [-0.15, -0.1) is 0 Å². The minimum Gasteiger partial charge on any atom is -0.441 e. The number of carbonyl (C=O) groups is 2. The first-order chi connectivity index (χ1) is 12.0. The lowest BCUT2D eigenvalue weighted by atomic mass is 10.0. The second-order valence-corrected chi connectivity index (χ2v) is 5.88. The number of nitrogens with one attached hydrogen (secondary N) is 1. The summed E-state index contributed by atoms with van der Waals surface area (Å²) in [5.74, 6) is -0.133. The van der Waals surface area contributed by atoms with E-state index < -0.39 is 18.0 Å². The molecule has 1 N–H and O–H groups in total. The molecule has 1 aliphatic rings. The molecule has 7 nitrogen and oxygen atoms in total. The molecular formula is C16H14ClFN4O3. The fraction of sp³-hybridized carbons (Fsp3) is 0.250. The summed E-state index contributed by atoms with van der Waals surface area (Å²) in [5, 5.41) is 2.42. The van der Waals surface area contributed by atoms with E-state index >= 15 is 0 Å². The lowest BCUT2D eigenvalue weighted by molar-refractivity contribution is 0.0996. The third-order valence-electron chi connectivity index (χ3n) is 3.82. The summed E-state index contributed by atoms with van der Waals surface area (Å²) in [6.45, 7) is 0.389. The fourth-order valence-electron chi connectivity index (χ4n) is 2.56. The molecule has 130 valence electrons. The zero-order valence-electron chi connectivity index (χ0n) is 13.2. The number of halogens is 2. The number of aromatic nitrogens is 2. The predicted molar refractivity (Wildman–Crippen MR) is 89.6 cm³/mol. The van der Waals surface area contributed by atoms with Crippen molar-refractivity contribution in [3.05, 3.63) is 46.6 Å². The van der Waals surface area contributed by atoms with Gasteiger partial charge in [-0.05, 0) is 12.1 Å². The van der Waals surface area contributed by atoms with Gasteiger partial charge < -0.3 is 9.64 Å². The molecule has 2 heterocycles. The Bertz CT molecular complexity index is 833. The first-order valence-electron chi connectivity index (χ1n) is 7.43. The Balaban J connectivity index is 1.78. The van der Waals surface area contributed by atoms with Gasteiger partial charge in [-0.25, -0.2) is 14.2 Å². The van der Waals surface area contributed by atoms with Crippen molar-refractivity contribution in [3.63, 3.8) is 0 Å². The normalized spacial score (nSPS) is 15.8. The second-order valence-electron chi connectivity index (χ2n) is 5.47. The third kappa shape index (κ3) is 3.53. The van der Waals surface area contributed by atoms with Gasteiger partial charge in [0.15, 0.2) is 12.1 Å². The summed E-state index contributed by atoms with van der Waals surface area (Å²) in [6.07, 6.45) is 2.34. The first-order valence-corrected chi connectivity index (χ1v) is 7.81. The molecule has 1 atom stereocenters. The van der Waals surface area contributed by atoms with Crippen LogP contribution < -0.4 is 10.2 Å². The van der Waals surface area contributed by atoms with Crippen LogP contribution in [0.4, 0.5) is 20.7 Å². The molecule has 1 aliphatic heterocycles. The van der Waals surface area contributed by atoms with Crippen LogP contribution in [0.15, 0.2) is 24.5 Å². The molecule has 25 heavy (non-hydrogen) atoms. The highest BCUT2D eigenvalue weighted by Gasteiger charge is 2.30. The van der Waals surface area contributed by atoms with Crippen molar-refractivity contribution in [2.75, 3.05) is 23.8 Å². The maximum Gasteiger partial charge on any atom is 0.412 e. The molecule has 0 spiro atoms. The van der Waals surface area contributed by atoms with Crippen LogP contribution in [0.5, 0.6) is 0 Å². The molecular weight excluding hydrogens is 351 g/mol. The van der Waals surface area contributed by atoms with Crippen LogP contribution in [-0.2, 0) is 4.74 Å². The number of rotatable bonds is 5. The van der Waals surface area contributed by atoms with E-state index in [1.807, 2.05) is 0 Å². The Morgan fingerprint density at radius 1 is 1.44 bits per heavy atom. The summed E-state index contributed by atoms with van der Waals surface area (Å²) in [7, 11) is 1.75. The van der Waals surface area contributed by atoms with Crippen LogP contribution in [0, 0.1) is 5.82 Å². The van der Waals surface area contributed by atoms with Crippen molar-refractivity contribution < 1.29 is 18.7 Å². The van der Waals surface area contributed by atoms with Crippen molar-refractivity contribution in [1.29, 1.82) is 0 Å². The molecule has 0 saturated carbocycles. The monoisotopic (exact) mass is 364 g/mol. The van der Waals surface area contributed by atoms with E-state index in [0.29, 0.717) is 30.8 Å². The van der Waals surface area contributed by atoms with E-state index in [1.54, 1.807) is 11.9 Å². The smallest absolute Gasteiger partial charge is 0.412 e. The number of hydrogen-bond acceptors (Lipinski definition) is 6. The molecule has 1 unspecified atom stereocenters. The number of ether oxygens (including phenoxy) is 1. The van der Waals surface area contributed by atoms with E-state index in [1.165, 1.54) is 24.5 Å². The van der Waals surface area contributed by atoms with Crippen LogP contribution in [0.25, 0.3) is 0 Å². The number of hydrogen-bond donors (Lipinski definition) is 1. The molecule has 0 bridgehead atoms. The molecule has 0 saturated heterocycles. The first kappa shape index (κ1) is 17.1. The van der Waals surface area contributed by atoms with Crippen molar-refractivity contribution in [2.24, 2.45) is 0 Å². The Morgan fingerprint density at radius 2 is 2.24 bits per heavy atom. The van der Waals surface area contributed by atoms with Crippen LogP contribution in [-0.4, -0.2) is 35.9 Å². The Kier molecular flexibility index (Phi) is 4.80. The summed E-state index contributed by atoms with van der Waals surface area (Å²) in [4.78, 5) is 32.3. The zero-order chi connectivity index (χ0) is 18.0. The Morgan fingerprint density at radius 3 is 3.00 bits per heavy atom. The van der Waals surface area contributed by atoms with Gasteiger partial charge in [0.25, 0.3) is 0 Å². The highest BCUT2D eigenvalue weighted by molar-refractivity contribution is 6.31. The van der Waals surface area contributed by atoms with Crippen LogP contribution >= 0.6 is 11.6 Å². The van der Waals surface area contributed by atoms with Gasteiger partial charge in [-0.2, -0.15) is 0 Å². The molecule has 1 aromatic heterocycles. The summed E-state index contributed by atoms with van der Waals surface area (Å²) < 4.78 is 19.6. The van der Waals surface area contributed by atoms with Crippen molar-refractivity contribution in [3.8, 4) is 0 Å². The molecule has 9 heteroatoms. The minimum absolute atomic E-state index is 0.0404. The topological polar surface area (TPSA) is 84.4 Å². The molecule has 0 aliphatic carbocycles. The number of amides is 1. The average molecular weight is 365 g/mol. The number of benzene rings is 1. The quantitative estimate of drug-likeness (QED) is 0.820. The SMILES string of the molecule is CN(CCC1OC(=O)Nc2ccc(Cl)c(F)c21)c1cncc(C=O)n1. The van der Waals surface area contributed by atoms with Crippen molar-refractivity contribution >= 4 is 35.5 Å². The van der Waals surface area contributed by atoms with Gasteiger partial charge in [0.1, 0.15) is 17.6 Å². The van der Waals surface area contributed by atoms with E-state index in [2.05, 4.69) is 15.3 Å². The summed E-state index contributed by atoms with van der Waals surface area (Å²) >= 11 is 5.83. The Hall–Kier alpha value is -2.74. The van der Waals surface area contributed by atoms with Gasteiger partial charge in [-0.1, -0.05) is 11.6 Å². The van der Waals surface area contributed by atoms with Crippen LogP contribution in [0.1, 0.15) is 28.6 Å². The van der Waals surface area contributed by atoms with Gasteiger partial charge in [0, 0.05) is 20.0 Å². The van der Waals surface area contributed by atoms with Crippen molar-refractivity contribution in [2.45, 2.75) is 12.5 Å². The van der Waals surface area contributed by atoms with Crippen LogP contribution in [0.2, 0.25) is 5.02 Å². The molecule has 1 aromatic carbocycles. The number of anilines is 2. The molecule has 1 amide bonds. The average Bonchev–Trinajstić information content (AvgIpc) is 2.62. The van der Waals surface area contributed by atoms with E-state index in [4.69, 9.17) is 16.3 Å². The highest BCUT2D eigenvalue weighted by atomic mass is 35.5. The standard InChI is InChI=1S/C16H14ClFN4O3/c1-22(13-7-19-6-9(8-23)20-13)5-4-12-14-11(21-16(24)25-12)3-2-10(17)15(14)18/h2-3,6-8,12H,4-5H2,1H3,(H,21,24). The zero-order valence-corrected chi connectivity index (χ0v) is 14.0. The van der Waals surface area contributed by atoms with E-state index in [-0.39, 0.29) is 16.3 Å². The van der Waals surface area contributed by atoms with Gasteiger partial charge in [0.05, 0.1) is 28.7 Å². The maximum absolute atomic E-state index is 14.4. The fourth-order valence-corrected chi connectivity index (χ4v) is 2.72. The van der Waals surface area contributed by atoms with Gasteiger partial charge in [0.2, 0.25) is 0 Å². The lowest BCUT2D eigenvalue weighted by Gasteiger charge is -2.28. The maximum atomic E-state index is 14.4. The number of nitrogens with zero attached hydrogens (tertiary/aromatic N) is 3. The molecule has 2 aromatic rings. The van der Waals surface area contributed by atoms with Crippen molar-refractivity contribution in [1.82, 2.24) is 9.97 Å². The van der Waals surface area contributed by atoms with Gasteiger partial charge in [-0.3, -0.25) is 15.1 Å². The van der Waals surface area contributed by atoms with E-state index in [9.17, 15) is 14.0 Å². The van der Waals surface area contributed by atoms with E-state index in [0.717, 1.165) is 0 Å². The van der Waals surface area contributed by atoms with Gasteiger partial charge >= 0.3 is 6.09 Å². The summed E-state index contributed by atoms with van der Waals surface area (Å²) in [6, 6.07) is 2.92. The second kappa shape index (κ2) is 7.02. The lowest BCUT2D eigenvalue weighted by Crippen LogP contribution is -2.29. The minimum atomic E-state index is -0.785. The number of aldehydes is 1. The number of fused-ring (bicyclic) bond motifs is 1. The number of carbonyl (C=O) groups excluding carboxylic acids is 2. The molecule has 3 rings (SSSR count). The highest BCUT2D eigenvalue weighted by Crippen LogP contribution is 2.37. The Labute approximate surface area is 147 Å². The predicted octanol–water partition coefficient (Wildman–Crippen LogP) is 3.21. The molecule has 0 radical (unpaired) electrons.